The lowest BCUT2D eigenvalue weighted by atomic mass is 10.1. The van der Waals surface area contributed by atoms with Crippen LogP contribution >= 0.6 is 15.9 Å². The molecule has 0 aliphatic carbocycles. The summed E-state index contributed by atoms with van der Waals surface area (Å²) in [5, 5.41) is 0. The van der Waals surface area contributed by atoms with E-state index < -0.39 is 0 Å². The second-order valence-electron chi connectivity index (χ2n) is 4.03. The average molecular weight is 305 g/mol. The molecule has 2 aromatic carbocycles. The molecule has 0 radical (unpaired) electrons. The maximum atomic E-state index is 11.0. The summed E-state index contributed by atoms with van der Waals surface area (Å²) in [7, 11) is 0. The monoisotopic (exact) mass is 304 g/mol. The van der Waals surface area contributed by atoms with Crippen LogP contribution in [0.5, 0.6) is 5.75 Å². The standard InChI is InChI=1S/C15H13BrO2/c1-11-7-13(9-17)15(8-14(11)16)18-10-12-5-3-2-4-6-12/h2-9H,10H2,1H3. The third kappa shape index (κ3) is 2.99. The Morgan fingerprint density at radius 2 is 1.94 bits per heavy atom. The summed E-state index contributed by atoms with van der Waals surface area (Å²) in [6.07, 6.45) is 0.819. The third-order valence-electron chi connectivity index (χ3n) is 2.66. The molecule has 0 N–H and O–H groups in total. The van der Waals surface area contributed by atoms with E-state index in [4.69, 9.17) is 4.74 Å². The van der Waals surface area contributed by atoms with E-state index in [1.165, 1.54) is 0 Å². The molecule has 92 valence electrons. The number of aldehydes is 1. The van der Waals surface area contributed by atoms with Gasteiger partial charge in [0.15, 0.2) is 6.29 Å². The van der Waals surface area contributed by atoms with E-state index in [0.29, 0.717) is 17.9 Å². The summed E-state index contributed by atoms with van der Waals surface area (Å²) in [4.78, 5) is 11.0. The van der Waals surface area contributed by atoms with E-state index >= 15 is 0 Å². The first-order chi connectivity index (χ1) is 8.70. The number of hydrogen-bond donors (Lipinski definition) is 0. The van der Waals surface area contributed by atoms with E-state index in [1.54, 1.807) is 0 Å². The highest BCUT2D eigenvalue weighted by Gasteiger charge is 2.07. The van der Waals surface area contributed by atoms with Crippen LogP contribution in [-0.4, -0.2) is 6.29 Å². The van der Waals surface area contributed by atoms with Gasteiger partial charge in [0.2, 0.25) is 0 Å². The highest BCUT2D eigenvalue weighted by Crippen LogP contribution is 2.26. The van der Waals surface area contributed by atoms with Crippen LogP contribution in [0.2, 0.25) is 0 Å². The van der Waals surface area contributed by atoms with Crippen LogP contribution in [-0.2, 0) is 6.61 Å². The van der Waals surface area contributed by atoms with Gasteiger partial charge in [0.05, 0.1) is 5.56 Å². The van der Waals surface area contributed by atoms with Crippen molar-refractivity contribution in [1.82, 2.24) is 0 Å². The number of carbonyl (C=O) groups is 1. The molecule has 0 aromatic heterocycles. The van der Waals surface area contributed by atoms with Crippen LogP contribution in [0.1, 0.15) is 21.5 Å². The molecular weight excluding hydrogens is 292 g/mol. The van der Waals surface area contributed by atoms with Crippen LogP contribution in [0, 0.1) is 6.92 Å². The average Bonchev–Trinajstić information content (AvgIpc) is 2.41. The molecule has 0 atom stereocenters. The van der Waals surface area contributed by atoms with Gasteiger partial charge in [-0.15, -0.1) is 0 Å². The molecule has 18 heavy (non-hydrogen) atoms. The maximum absolute atomic E-state index is 11.0. The second kappa shape index (κ2) is 5.83. The Morgan fingerprint density at radius 1 is 1.22 bits per heavy atom. The number of carbonyl (C=O) groups excluding carboxylic acids is 1. The number of ether oxygens (including phenoxy) is 1. The van der Waals surface area contributed by atoms with Crippen LogP contribution < -0.4 is 4.74 Å². The molecule has 2 rings (SSSR count). The maximum Gasteiger partial charge on any atom is 0.153 e. The molecule has 0 bridgehead atoms. The van der Waals surface area contributed by atoms with Crippen LogP contribution in [0.3, 0.4) is 0 Å². The van der Waals surface area contributed by atoms with Gasteiger partial charge in [0.25, 0.3) is 0 Å². The Hall–Kier alpha value is -1.61. The predicted octanol–water partition coefficient (Wildman–Crippen LogP) is 4.15. The Labute approximate surface area is 115 Å². The zero-order chi connectivity index (χ0) is 13.0. The Kier molecular flexibility index (Phi) is 4.15. The van der Waals surface area contributed by atoms with E-state index in [-0.39, 0.29) is 0 Å². The van der Waals surface area contributed by atoms with Gasteiger partial charge in [0, 0.05) is 4.47 Å². The number of benzene rings is 2. The van der Waals surface area contributed by atoms with Gasteiger partial charge < -0.3 is 4.74 Å². The van der Waals surface area contributed by atoms with E-state index in [9.17, 15) is 4.79 Å². The minimum Gasteiger partial charge on any atom is -0.488 e. The largest absolute Gasteiger partial charge is 0.488 e. The van der Waals surface area contributed by atoms with Gasteiger partial charge >= 0.3 is 0 Å². The highest BCUT2D eigenvalue weighted by molar-refractivity contribution is 9.10. The van der Waals surface area contributed by atoms with Crippen LogP contribution in [0.25, 0.3) is 0 Å². The van der Waals surface area contributed by atoms with Gasteiger partial charge in [-0.3, -0.25) is 4.79 Å². The molecule has 0 saturated heterocycles. The van der Waals surface area contributed by atoms with Crippen molar-refractivity contribution in [2.45, 2.75) is 13.5 Å². The van der Waals surface area contributed by atoms with Crippen molar-refractivity contribution < 1.29 is 9.53 Å². The van der Waals surface area contributed by atoms with Crippen molar-refractivity contribution in [1.29, 1.82) is 0 Å². The van der Waals surface area contributed by atoms with Crippen LogP contribution in [0.15, 0.2) is 46.9 Å². The third-order valence-corrected chi connectivity index (χ3v) is 3.51. The molecule has 0 unspecified atom stereocenters. The molecule has 2 nitrogen and oxygen atoms in total. The van der Waals surface area contributed by atoms with Crippen molar-refractivity contribution >= 4 is 22.2 Å². The van der Waals surface area contributed by atoms with Crippen molar-refractivity contribution in [3.05, 3.63) is 63.6 Å². The molecule has 0 spiro atoms. The molecule has 3 heteroatoms. The first kappa shape index (κ1) is 12.8. The first-order valence-electron chi connectivity index (χ1n) is 5.63. The molecule has 0 saturated carbocycles. The highest BCUT2D eigenvalue weighted by atomic mass is 79.9. The molecule has 0 fully saturated rings. The van der Waals surface area contributed by atoms with Crippen LogP contribution in [0.4, 0.5) is 0 Å². The second-order valence-corrected chi connectivity index (χ2v) is 4.89. The molecular formula is C15H13BrO2. The van der Waals surface area contributed by atoms with Crippen molar-refractivity contribution in [3.8, 4) is 5.75 Å². The number of hydrogen-bond acceptors (Lipinski definition) is 2. The summed E-state index contributed by atoms with van der Waals surface area (Å²) in [6.45, 7) is 2.40. The first-order valence-corrected chi connectivity index (χ1v) is 6.42. The minimum atomic E-state index is 0.456. The van der Waals surface area contributed by atoms with Crippen molar-refractivity contribution in [3.63, 3.8) is 0 Å². The number of aryl methyl sites for hydroxylation is 1. The Morgan fingerprint density at radius 3 is 2.61 bits per heavy atom. The van der Waals surface area contributed by atoms with E-state index in [1.807, 2.05) is 49.4 Å². The zero-order valence-electron chi connectivity index (χ0n) is 10.0. The lowest BCUT2D eigenvalue weighted by Crippen LogP contribution is -1.99. The van der Waals surface area contributed by atoms with E-state index in [2.05, 4.69) is 15.9 Å². The molecule has 0 aliphatic rings. The summed E-state index contributed by atoms with van der Waals surface area (Å²) >= 11 is 3.44. The smallest absolute Gasteiger partial charge is 0.153 e. The molecule has 2 aromatic rings. The number of halogens is 1. The fourth-order valence-corrected chi connectivity index (χ4v) is 1.96. The normalized spacial score (nSPS) is 10.1. The quantitative estimate of drug-likeness (QED) is 0.793. The van der Waals surface area contributed by atoms with Crippen molar-refractivity contribution in [2.75, 3.05) is 0 Å². The fraction of sp³-hybridized carbons (Fsp3) is 0.133. The van der Waals surface area contributed by atoms with Gasteiger partial charge in [-0.25, -0.2) is 0 Å². The minimum absolute atomic E-state index is 0.456. The topological polar surface area (TPSA) is 26.3 Å². The SMILES string of the molecule is Cc1cc(C=O)c(OCc2ccccc2)cc1Br. The Balaban J connectivity index is 2.19. The van der Waals surface area contributed by atoms with Crippen molar-refractivity contribution in [2.24, 2.45) is 0 Å². The summed E-state index contributed by atoms with van der Waals surface area (Å²) in [6, 6.07) is 13.5. The lowest BCUT2D eigenvalue weighted by molar-refractivity contribution is 0.111. The summed E-state index contributed by atoms with van der Waals surface area (Å²) in [5.41, 5.74) is 2.67. The predicted molar refractivity (Wildman–Crippen MR) is 75.0 cm³/mol. The summed E-state index contributed by atoms with van der Waals surface area (Å²) in [5.74, 6) is 0.603. The molecule has 0 heterocycles. The van der Waals surface area contributed by atoms with E-state index in [0.717, 1.165) is 21.9 Å². The zero-order valence-corrected chi connectivity index (χ0v) is 11.6. The van der Waals surface area contributed by atoms with Gasteiger partial charge in [0.1, 0.15) is 12.4 Å². The van der Waals surface area contributed by atoms with Gasteiger partial charge in [-0.2, -0.15) is 0 Å². The Bertz CT molecular complexity index is 550. The lowest BCUT2D eigenvalue weighted by Gasteiger charge is -2.10. The molecule has 0 aliphatic heterocycles. The number of rotatable bonds is 4. The fourth-order valence-electron chi connectivity index (χ4n) is 1.64. The van der Waals surface area contributed by atoms with Gasteiger partial charge in [-0.1, -0.05) is 46.3 Å². The van der Waals surface area contributed by atoms with Gasteiger partial charge in [-0.05, 0) is 30.2 Å². The summed E-state index contributed by atoms with van der Waals surface area (Å²) < 4.78 is 6.63. The molecule has 0 amide bonds.